The minimum Gasteiger partial charge on any atom is -0.406 e. The Kier molecular flexibility index (Phi) is 6.90. The molecular weight excluding hydrogens is 551 g/mol. The van der Waals surface area contributed by atoms with Gasteiger partial charge in [-0.1, -0.05) is 55.9 Å². The summed E-state index contributed by atoms with van der Waals surface area (Å²) in [5.74, 6) is 1.05. The third-order valence-corrected chi connectivity index (χ3v) is 7.77. The maximum Gasteiger partial charge on any atom is 0.573 e. The molecule has 0 aliphatic carbocycles. The van der Waals surface area contributed by atoms with Crippen LogP contribution in [0.1, 0.15) is 36.5 Å². The monoisotopic (exact) mass is 575 g/mol. The number of aromatic nitrogens is 2. The molecule has 0 radical (unpaired) electrons. The van der Waals surface area contributed by atoms with Gasteiger partial charge in [-0.25, -0.2) is 4.98 Å². The number of carbonyl (C=O) groups is 1. The Morgan fingerprint density at radius 2 is 1.85 bits per heavy atom. The van der Waals surface area contributed by atoms with Crippen LogP contribution in [-0.2, 0) is 11.3 Å². The summed E-state index contributed by atoms with van der Waals surface area (Å²) in [6, 6.07) is 19.5. The Morgan fingerprint density at radius 1 is 1.07 bits per heavy atom. The van der Waals surface area contributed by atoms with Crippen molar-refractivity contribution in [2.45, 2.75) is 32.7 Å². The van der Waals surface area contributed by atoms with Gasteiger partial charge in [0.2, 0.25) is 5.91 Å². The van der Waals surface area contributed by atoms with Crippen molar-refractivity contribution in [3.8, 4) is 28.4 Å². The van der Waals surface area contributed by atoms with Gasteiger partial charge in [0.05, 0.1) is 36.1 Å². The highest BCUT2D eigenvalue weighted by Gasteiger charge is 2.32. The van der Waals surface area contributed by atoms with Crippen LogP contribution in [0.15, 0.2) is 83.1 Å². The maximum atomic E-state index is 12.7. The average Bonchev–Trinajstić information content (AvgIpc) is 3.61. The van der Waals surface area contributed by atoms with Crippen LogP contribution in [0.25, 0.3) is 22.6 Å². The van der Waals surface area contributed by atoms with E-state index in [-0.39, 0.29) is 17.6 Å². The summed E-state index contributed by atoms with van der Waals surface area (Å²) in [6.45, 7) is 4.74. The Labute approximate surface area is 238 Å². The number of hydrogen-bond acceptors (Lipinski definition) is 6. The molecule has 2 aliphatic heterocycles. The highest BCUT2D eigenvalue weighted by Crippen LogP contribution is 2.37. The molecule has 0 saturated carbocycles. The number of nitrogens with zero attached hydrogens (tertiary/aromatic N) is 5. The standard InChI is InChI=1S/C30H24F3N5O2S/c1-18(2)23-5-3-4-6-25(23)38-27(39)17-41-29(38)36-35-14-19-7-12-24-21(13-19)16-37-26(15-34-28(24)37)20-8-10-22(11-9-20)40-30(31,32)33/h3-15,18H,16-17H2,1-2H3. The Morgan fingerprint density at radius 3 is 2.61 bits per heavy atom. The lowest BCUT2D eigenvalue weighted by molar-refractivity contribution is -0.274. The number of benzene rings is 3. The number of carbonyl (C=O) groups excluding carboxylic acids is 1. The molecule has 0 unspecified atom stereocenters. The van der Waals surface area contributed by atoms with Gasteiger partial charge < -0.3 is 9.30 Å². The molecule has 1 aromatic heterocycles. The molecule has 11 heteroatoms. The first-order chi connectivity index (χ1) is 19.7. The minimum atomic E-state index is -4.74. The first-order valence-electron chi connectivity index (χ1n) is 12.9. The van der Waals surface area contributed by atoms with E-state index in [1.165, 1.54) is 23.9 Å². The van der Waals surface area contributed by atoms with Crippen LogP contribution >= 0.6 is 11.8 Å². The van der Waals surface area contributed by atoms with Crippen molar-refractivity contribution >= 4 is 34.7 Å². The van der Waals surface area contributed by atoms with Crippen molar-refractivity contribution in [2.24, 2.45) is 10.2 Å². The quantitative estimate of drug-likeness (QED) is 0.160. The molecule has 2 aliphatic rings. The second-order valence-electron chi connectivity index (χ2n) is 9.90. The lowest BCUT2D eigenvalue weighted by Gasteiger charge is -2.20. The second-order valence-corrected chi connectivity index (χ2v) is 10.8. The van der Waals surface area contributed by atoms with Crippen molar-refractivity contribution in [1.29, 1.82) is 0 Å². The Hall–Kier alpha value is -4.38. The van der Waals surface area contributed by atoms with E-state index in [0.717, 1.165) is 45.0 Å². The Bertz CT molecular complexity index is 1690. The van der Waals surface area contributed by atoms with Gasteiger partial charge in [0, 0.05) is 11.1 Å². The maximum absolute atomic E-state index is 12.7. The predicted molar refractivity (Wildman–Crippen MR) is 154 cm³/mol. The summed E-state index contributed by atoms with van der Waals surface area (Å²) < 4.78 is 43.5. The smallest absolute Gasteiger partial charge is 0.406 e. The SMILES string of the molecule is CC(C)c1ccccc1N1C(=O)CSC1=NN=Cc1ccc2c(c1)Cn1c(-c3ccc(OC(F)(F)F)cc3)cnc1-2. The van der Waals surface area contributed by atoms with E-state index in [1.807, 2.05) is 47.0 Å². The number of halogens is 3. The molecule has 0 N–H and O–H groups in total. The van der Waals surface area contributed by atoms with Crippen LogP contribution in [0, 0.1) is 0 Å². The van der Waals surface area contributed by atoms with Crippen molar-refractivity contribution < 1.29 is 22.7 Å². The average molecular weight is 576 g/mol. The normalized spacial score (nSPS) is 15.8. The zero-order chi connectivity index (χ0) is 28.7. The largest absolute Gasteiger partial charge is 0.573 e. The summed E-state index contributed by atoms with van der Waals surface area (Å²) in [5, 5.41) is 9.23. The molecule has 1 fully saturated rings. The third kappa shape index (κ3) is 5.37. The number of imidazole rings is 1. The summed E-state index contributed by atoms with van der Waals surface area (Å²) in [7, 11) is 0. The lowest BCUT2D eigenvalue weighted by atomic mass is 10.0. The van der Waals surface area contributed by atoms with Crippen LogP contribution < -0.4 is 9.64 Å². The molecule has 1 saturated heterocycles. The minimum absolute atomic E-state index is 0.0256. The predicted octanol–water partition coefficient (Wildman–Crippen LogP) is 7.07. The van der Waals surface area contributed by atoms with Crippen molar-refractivity contribution in [3.05, 3.63) is 89.6 Å². The number of fused-ring (bicyclic) bond motifs is 3. The first-order valence-corrected chi connectivity index (χ1v) is 13.9. The molecule has 1 amide bonds. The van der Waals surface area contributed by atoms with Gasteiger partial charge >= 0.3 is 6.36 Å². The number of amides is 1. The van der Waals surface area contributed by atoms with E-state index in [9.17, 15) is 18.0 Å². The van der Waals surface area contributed by atoms with Gasteiger partial charge in [-0.2, -0.15) is 5.10 Å². The molecule has 3 heterocycles. The van der Waals surface area contributed by atoms with Crippen LogP contribution in [0.3, 0.4) is 0 Å². The zero-order valence-corrected chi connectivity index (χ0v) is 22.9. The molecule has 0 spiro atoms. The molecule has 0 atom stereocenters. The number of hydrogen-bond donors (Lipinski definition) is 0. The summed E-state index contributed by atoms with van der Waals surface area (Å²) in [6.07, 6.45) is -1.36. The van der Waals surface area contributed by atoms with Crippen LogP contribution in [-0.4, -0.2) is 39.0 Å². The van der Waals surface area contributed by atoms with E-state index < -0.39 is 6.36 Å². The van der Waals surface area contributed by atoms with Crippen molar-refractivity contribution in [1.82, 2.24) is 9.55 Å². The summed E-state index contributed by atoms with van der Waals surface area (Å²) >= 11 is 1.36. The van der Waals surface area contributed by atoms with E-state index in [4.69, 9.17) is 0 Å². The topological polar surface area (TPSA) is 72.1 Å². The fourth-order valence-electron chi connectivity index (χ4n) is 5.02. The molecule has 208 valence electrons. The number of alkyl halides is 3. The van der Waals surface area contributed by atoms with E-state index in [0.29, 0.717) is 17.5 Å². The summed E-state index contributed by atoms with van der Waals surface area (Å²) in [4.78, 5) is 18.9. The second kappa shape index (κ2) is 10.5. The van der Waals surface area contributed by atoms with Crippen LogP contribution in [0.2, 0.25) is 0 Å². The van der Waals surface area contributed by atoms with E-state index in [2.05, 4.69) is 33.8 Å². The molecule has 7 nitrogen and oxygen atoms in total. The molecule has 3 aromatic carbocycles. The van der Waals surface area contributed by atoms with E-state index >= 15 is 0 Å². The first kappa shape index (κ1) is 26.8. The molecule has 4 aromatic rings. The van der Waals surface area contributed by atoms with Gasteiger partial charge in [0.25, 0.3) is 0 Å². The number of amidine groups is 1. The molecular formula is C30H24F3N5O2S. The number of rotatable bonds is 6. The molecule has 6 rings (SSSR count). The van der Waals surface area contributed by atoms with Gasteiger partial charge in [0.15, 0.2) is 5.17 Å². The molecule has 0 bridgehead atoms. The van der Waals surface area contributed by atoms with Gasteiger partial charge in [0.1, 0.15) is 11.6 Å². The van der Waals surface area contributed by atoms with Crippen molar-refractivity contribution in [3.63, 3.8) is 0 Å². The fourth-order valence-corrected chi connectivity index (χ4v) is 5.83. The van der Waals surface area contributed by atoms with E-state index in [1.54, 1.807) is 29.4 Å². The van der Waals surface area contributed by atoms with Crippen LogP contribution in [0.5, 0.6) is 5.75 Å². The van der Waals surface area contributed by atoms with Crippen molar-refractivity contribution in [2.75, 3.05) is 10.7 Å². The number of thioether (sulfide) groups is 1. The fraction of sp³-hybridized carbons (Fsp3) is 0.200. The Balaban J connectivity index is 1.20. The van der Waals surface area contributed by atoms with Gasteiger partial charge in [-0.15, -0.1) is 18.3 Å². The highest BCUT2D eigenvalue weighted by atomic mass is 32.2. The van der Waals surface area contributed by atoms with Crippen LogP contribution in [0.4, 0.5) is 18.9 Å². The third-order valence-electron chi connectivity index (χ3n) is 6.85. The molecule has 41 heavy (non-hydrogen) atoms. The number of ether oxygens (including phenoxy) is 1. The zero-order valence-electron chi connectivity index (χ0n) is 22.1. The summed E-state index contributed by atoms with van der Waals surface area (Å²) in [5.41, 5.74) is 6.29. The lowest BCUT2D eigenvalue weighted by Crippen LogP contribution is -2.30. The number of anilines is 1. The number of para-hydroxylation sites is 1. The van der Waals surface area contributed by atoms with Gasteiger partial charge in [-0.05, 0) is 59.0 Å². The highest BCUT2D eigenvalue weighted by molar-refractivity contribution is 8.15. The van der Waals surface area contributed by atoms with Gasteiger partial charge in [-0.3, -0.25) is 9.69 Å².